The molecule has 6 heteroatoms. The van der Waals surface area contributed by atoms with Crippen LogP contribution >= 0.6 is 11.3 Å². The fourth-order valence-electron chi connectivity index (χ4n) is 1.94. The Labute approximate surface area is 128 Å². The largest absolute Gasteiger partial charge is 0.481 e. The molecule has 0 saturated heterocycles. The molecule has 0 spiro atoms. The first-order valence-corrected chi connectivity index (χ1v) is 7.75. The standard InChI is InChI=1S/C15H19N3O2S/c1-3-13-16-17-15(21-13)18(9-11(2)14(19)20)10-12-7-5-4-6-8-12/h4-8,11H,3,9-10H2,1-2H3,(H,19,20). The maximum absolute atomic E-state index is 11.1. The average molecular weight is 305 g/mol. The number of hydrogen-bond donors (Lipinski definition) is 1. The van der Waals surface area contributed by atoms with E-state index in [-0.39, 0.29) is 0 Å². The zero-order valence-corrected chi connectivity index (χ0v) is 13.0. The zero-order chi connectivity index (χ0) is 15.2. The normalized spacial score (nSPS) is 12.1. The molecular weight excluding hydrogens is 286 g/mol. The van der Waals surface area contributed by atoms with E-state index in [0.29, 0.717) is 13.1 Å². The molecule has 5 nitrogen and oxygen atoms in total. The van der Waals surface area contributed by atoms with Gasteiger partial charge in [-0.05, 0) is 12.0 Å². The summed E-state index contributed by atoms with van der Waals surface area (Å²) in [6.07, 6.45) is 0.839. The van der Waals surface area contributed by atoms with Gasteiger partial charge in [-0.15, -0.1) is 10.2 Å². The van der Waals surface area contributed by atoms with Crippen LogP contribution in [0.4, 0.5) is 5.13 Å². The Morgan fingerprint density at radius 2 is 2.05 bits per heavy atom. The summed E-state index contributed by atoms with van der Waals surface area (Å²) in [5.74, 6) is -1.25. The minimum Gasteiger partial charge on any atom is -0.481 e. The van der Waals surface area contributed by atoms with Crippen LogP contribution < -0.4 is 4.90 Å². The molecule has 1 N–H and O–H groups in total. The maximum atomic E-state index is 11.1. The van der Waals surface area contributed by atoms with Crippen molar-refractivity contribution in [3.8, 4) is 0 Å². The van der Waals surface area contributed by atoms with Crippen molar-refractivity contribution in [1.29, 1.82) is 0 Å². The van der Waals surface area contributed by atoms with Gasteiger partial charge in [0.2, 0.25) is 5.13 Å². The molecule has 1 aromatic heterocycles. The van der Waals surface area contributed by atoms with E-state index in [1.807, 2.05) is 42.2 Å². The van der Waals surface area contributed by atoms with Gasteiger partial charge in [0.05, 0.1) is 5.92 Å². The number of anilines is 1. The first-order chi connectivity index (χ1) is 10.1. The molecule has 1 unspecified atom stereocenters. The quantitative estimate of drug-likeness (QED) is 0.852. The minimum absolute atomic E-state index is 0.419. The van der Waals surface area contributed by atoms with Crippen molar-refractivity contribution in [2.45, 2.75) is 26.8 Å². The molecule has 112 valence electrons. The highest BCUT2D eigenvalue weighted by Gasteiger charge is 2.19. The smallest absolute Gasteiger partial charge is 0.308 e. The second kappa shape index (κ2) is 7.17. The molecular formula is C15H19N3O2S. The molecule has 0 aliphatic heterocycles. The molecule has 0 fully saturated rings. The predicted molar refractivity (Wildman–Crippen MR) is 83.6 cm³/mol. The van der Waals surface area contributed by atoms with E-state index in [4.69, 9.17) is 5.11 Å². The summed E-state index contributed by atoms with van der Waals surface area (Å²) in [4.78, 5) is 13.1. The van der Waals surface area contributed by atoms with Crippen LogP contribution in [0, 0.1) is 5.92 Å². The van der Waals surface area contributed by atoms with Gasteiger partial charge in [0.15, 0.2) is 0 Å². The van der Waals surface area contributed by atoms with Crippen molar-refractivity contribution in [1.82, 2.24) is 10.2 Å². The molecule has 0 saturated carbocycles. The fraction of sp³-hybridized carbons (Fsp3) is 0.400. The molecule has 0 aliphatic rings. The van der Waals surface area contributed by atoms with E-state index in [9.17, 15) is 4.79 Å². The number of aromatic nitrogens is 2. The highest BCUT2D eigenvalue weighted by molar-refractivity contribution is 7.15. The first-order valence-electron chi connectivity index (χ1n) is 6.94. The van der Waals surface area contributed by atoms with Crippen molar-refractivity contribution in [3.05, 3.63) is 40.9 Å². The predicted octanol–water partition coefficient (Wildman–Crippen LogP) is 2.83. The topological polar surface area (TPSA) is 66.3 Å². The van der Waals surface area contributed by atoms with Gasteiger partial charge in [-0.2, -0.15) is 0 Å². The Morgan fingerprint density at radius 1 is 1.33 bits per heavy atom. The summed E-state index contributed by atoms with van der Waals surface area (Å²) >= 11 is 1.52. The van der Waals surface area contributed by atoms with Crippen molar-refractivity contribution < 1.29 is 9.90 Å². The van der Waals surface area contributed by atoms with Gasteiger partial charge in [-0.3, -0.25) is 4.79 Å². The average Bonchev–Trinajstić information content (AvgIpc) is 2.96. The van der Waals surface area contributed by atoms with Crippen molar-refractivity contribution in [3.63, 3.8) is 0 Å². The molecule has 1 atom stereocenters. The van der Waals surface area contributed by atoms with Gasteiger partial charge >= 0.3 is 5.97 Å². The molecule has 2 rings (SSSR count). The minimum atomic E-state index is -0.798. The molecule has 0 bridgehead atoms. The number of hydrogen-bond acceptors (Lipinski definition) is 5. The lowest BCUT2D eigenvalue weighted by Gasteiger charge is -2.23. The number of carboxylic acid groups (broad SMARTS) is 1. The van der Waals surface area contributed by atoms with E-state index >= 15 is 0 Å². The number of benzene rings is 1. The van der Waals surface area contributed by atoms with Gasteiger partial charge in [0, 0.05) is 13.1 Å². The number of aryl methyl sites for hydroxylation is 1. The van der Waals surface area contributed by atoms with E-state index < -0.39 is 11.9 Å². The van der Waals surface area contributed by atoms with Crippen LogP contribution in [0.15, 0.2) is 30.3 Å². The fourth-order valence-corrected chi connectivity index (χ4v) is 2.72. The van der Waals surface area contributed by atoms with E-state index in [0.717, 1.165) is 22.1 Å². The second-order valence-electron chi connectivity index (χ2n) is 4.94. The summed E-state index contributed by atoms with van der Waals surface area (Å²) < 4.78 is 0. The summed E-state index contributed by atoms with van der Waals surface area (Å²) in [5, 5.41) is 19.2. The van der Waals surface area contributed by atoms with Gasteiger partial charge in [-0.25, -0.2) is 0 Å². The second-order valence-corrected chi connectivity index (χ2v) is 5.98. The van der Waals surface area contributed by atoms with Crippen molar-refractivity contribution >= 4 is 22.4 Å². The number of carboxylic acids is 1. The Morgan fingerprint density at radius 3 is 2.62 bits per heavy atom. The first kappa shape index (κ1) is 15.4. The molecule has 0 aliphatic carbocycles. The van der Waals surface area contributed by atoms with Gasteiger partial charge in [0.25, 0.3) is 0 Å². The molecule has 21 heavy (non-hydrogen) atoms. The summed E-state index contributed by atoms with van der Waals surface area (Å²) in [6.45, 7) is 4.80. The summed E-state index contributed by atoms with van der Waals surface area (Å²) in [7, 11) is 0. The third kappa shape index (κ3) is 4.26. The monoisotopic (exact) mass is 305 g/mol. The molecule has 0 amide bonds. The van der Waals surface area contributed by atoms with Crippen LogP contribution in [-0.2, 0) is 17.8 Å². The van der Waals surface area contributed by atoms with Crippen LogP contribution in [0.1, 0.15) is 24.4 Å². The van der Waals surface area contributed by atoms with E-state index in [1.54, 1.807) is 6.92 Å². The van der Waals surface area contributed by atoms with Crippen LogP contribution in [0.25, 0.3) is 0 Å². The van der Waals surface area contributed by atoms with Crippen LogP contribution in [-0.4, -0.2) is 27.8 Å². The third-order valence-corrected chi connectivity index (χ3v) is 4.29. The lowest BCUT2D eigenvalue weighted by atomic mass is 10.1. The van der Waals surface area contributed by atoms with Gasteiger partial charge in [-0.1, -0.05) is 55.5 Å². The maximum Gasteiger partial charge on any atom is 0.308 e. The van der Waals surface area contributed by atoms with E-state index in [1.165, 1.54) is 11.3 Å². The SMILES string of the molecule is CCc1nnc(N(Cc2ccccc2)CC(C)C(=O)O)s1. The number of aliphatic carboxylic acids is 1. The summed E-state index contributed by atoms with van der Waals surface area (Å²) in [5.41, 5.74) is 1.13. The van der Waals surface area contributed by atoms with Crippen molar-refractivity contribution in [2.75, 3.05) is 11.4 Å². The zero-order valence-electron chi connectivity index (χ0n) is 12.2. The van der Waals surface area contributed by atoms with Crippen LogP contribution in [0.5, 0.6) is 0 Å². The van der Waals surface area contributed by atoms with Gasteiger partial charge in [0.1, 0.15) is 5.01 Å². The highest BCUT2D eigenvalue weighted by Crippen LogP contribution is 2.23. The third-order valence-electron chi connectivity index (χ3n) is 3.16. The summed E-state index contributed by atoms with van der Waals surface area (Å²) in [6, 6.07) is 9.98. The lowest BCUT2D eigenvalue weighted by Crippen LogP contribution is -2.31. The van der Waals surface area contributed by atoms with E-state index in [2.05, 4.69) is 10.2 Å². The Hall–Kier alpha value is -1.95. The molecule has 2 aromatic rings. The Balaban J connectivity index is 2.19. The molecule has 1 heterocycles. The van der Waals surface area contributed by atoms with Gasteiger partial charge < -0.3 is 10.0 Å². The lowest BCUT2D eigenvalue weighted by molar-refractivity contribution is -0.140. The van der Waals surface area contributed by atoms with Crippen LogP contribution in [0.3, 0.4) is 0 Å². The van der Waals surface area contributed by atoms with Crippen molar-refractivity contribution in [2.24, 2.45) is 5.92 Å². The number of carbonyl (C=O) groups is 1. The molecule has 1 aromatic carbocycles. The number of nitrogens with zero attached hydrogens (tertiary/aromatic N) is 3. The highest BCUT2D eigenvalue weighted by atomic mass is 32.1. The Bertz CT molecular complexity index is 586. The Kier molecular flexibility index (Phi) is 5.27. The van der Waals surface area contributed by atoms with Crippen LogP contribution in [0.2, 0.25) is 0 Å². The number of rotatable bonds is 7. The molecule has 0 radical (unpaired) electrons.